The number of hydrogen-bond donors (Lipinski definition) is 3. The zero-order valence-electron chi connectivity index (χ0n) is 26.6. The van der Waals surface area contributed by atoms with Gasteiger partial charge in [0.1, 0.15) is 0 Å². The summed E-state index contributed by atoms with van der Waals surface area (Å²) in [6.45, 7) is 8.18. The Morgan fingerprint density at radius 2 is 1.82 bits per heavy atom. The second kappa shape index (κ2) is 13.5. The highest BCUT2D eigenvalue weighted by molar-refractivity contribution is 6.00. The van der Waals surface area contributed by atoms with Crippen LogP contribution in [0.5, 0.6) is 0 Å². The van der Waals surface area contributed by atoms with Gasteiger partial charge in [0.25, 0.3) is 11.5 Å². The monoisotopic (exact) mass is 606 g/mol. The standard InChI is InChI=1S/C35H50N4O5/c1-25(18-26-10-6-4-7-11-26)32(42)37-16-14-35(44,34(2,3)23-37)24-38-21-30(33(43)39-17-15-36-20-28(39)22-40)29(19-31(38)41)27-12-8-5-9-13-27/h5,8-9,12-13,19,21,25-26,28,36,40,44H,4,6-7,10-11,14-18,20,22-24H2,1-3H3/t25-,28+,35?/m1/s1. The number of aliphatic hydroxyl groups is 2. The van der Waals surface area contributed by atoms with Gasteiger partial charge in [0.05, 0.1) is 30.4 Å². The van der Waals surface area contributed by atoms with Crippen LogP contribution in [0.4, 0.5) is 0 Å². The van der Waals surface area contributed by atoms with Crippen LogP contribution in [0, 0.1) is 17.3 Å². The Bertz CT molecular complexity index is 1370. The molecule has 1 aromatic heterocycles. The average Bonchev–Trinajstić information content (AvgIpc) is 3.03. The van der Waals surface area contributed by atoms with Crippen LogP contribution >= 0.6 is 0 Å². The lowest BCUT2D eigenvalue weighted by molar-refractivity contribution is -0.157. The van der Waals surface area contributed by atoms with E-state index in [1.807, 2.05) is 56.0 Å². The first kappa shape index (κ1) is 32.4. The first-order valence-corrected chi connectivity index (χ1v) is 16.5. The molecule has 0 radical (unpaired) electrons. The van der Waals surface area contributed by atoms with Gasteiger partial charge in [0.15, 0.2) is 0 Å². The highest BCUT2D eigenvalue weighted by Gasteiger charge is 2.49. The molecule has 2 aliphatic heterocycles. The van der Waals surface area contributed by atoms with Gasteiger partial charge < -0.3 is 29.9 Å². The third kappa shape index (κ3) is 6.80. The van der Waals surface area contributed by atoms with Gasteiger partial charge >= 0.3 is 0 Å². The van der Waals surface area contributed by atoms with E-state index in [0.717, 1.165) is 12.0 Å². The first-order chi connectivity index (χ1) is 21.0. The first-order valence-electron chi connectivity index (χ1n) is 16.5. The number of nitrogens with zero attached hydrogens (tertiary/aromatic N) is 3. The van der Waals surface area contributed by atoms with Crippen molar-refractivity contribution in [2.75, 3.05) is 39.3 Å². The van der Waals surface area contributed by atoms with Crippen LogP contribution in [-0.4, -0.2) is 87.4 Å². The van der Waals surface area contributed by atoms with Gasteiger partial charge in [-0.3, -0.25) is 14.4 Å². The van der Waals surface area contributed by atoms with Crippen LogP contribution in [0.15, 0.2) is 47.4 Å². The van der Waals surface area contributed by atoms with Gasteiger partial charge in [-0.1, -0.05) is 83.2 Å². The number of pyridine rings is 1. The van der Waals surface area contributed by atoms with E-state index in [4.69, 9.17) is 0 Å². The SMILES string of the molecule is C[C@H](CC1CCCCC1)C(=O)N1CCC(O)(Cn2cc(C(=O)N3CCNC[C@H]3CO)c(-c3ccccc3)cc2=O)C(C)(C)C1. The molecule has 9 heteroatoms. The summed E-state index contributed by atoms with van der Waals surface area (Å²) in [6.07, 6.45) is 9.07. The van der Waals surface area contributed by atoms with Crippen molar-refractivity contribution in [3.63, 3.8) is 0 Å². The predicted molar refractivity (Wildman–Crippen MR) is 171 cm³/mol. The highest BCUT2D eigenvalue weighted by atomic mass is 16.3. The lowest BCUT2D eigenvalue weighted by Crippen LogP contribution is -2.61. The number of benzene rings is 1. The van der Waals surface area contributed by atoms with Crippen molar-refractivity contribution in [2.24, 2.45) is 17.3 Å². The van der Waals surface area contributed by atoms with Crippen molar-refractivity contribution < 1.29 is 19.8 Å². The summed E-state index contributed by atoms with van der Waals surface area (Å²) in [6, 6.07) is 10.5. The molecule has 2 aromatic rings. The topological polar surface area (TPSA) is 115 Å². The van der Waals surface area contributed by atoms with Gasteiger partial charge in [-0.05, 0) is 24.3 Å². The summed E-state index contributed by atoms with van der Waals surface area (Å²) in [4.78, 5) is 44.7. The van der Waals surface area contributed by atoms with Crippen molar-refractivity contribution in [2.45, 2.75) is 83.9 Å². The number of aromatic nitrogens is 1. The molecule has 240 valence electrons. The fourth-order valence-electron chi connectivity index (χ4n) is 7.53. The van der Waals surface area contributed by atoms with Gasteiger partial charge in [-0.2, -0.15) is 0 Å². The second-order valence-corrected chi connectivity index (χ2v) is 14.0. The third-order valence-electron chi connectivity index (χ3n) is 10.5. The van der Waals surface area contributed by atoms with Gasteiger partial charge in [-0.15, -0.1) is 0 Å². The zero-order chi connectivity index (χ0) is 31.5. The van der Waals surface area contributed by atoms with Gasteiger partial charge in [0, 0.05) is 61.9 Å². The van der Waals surface area contributed by atoms with Crippen LogP contribution in [0.2, 0.25) is 0 Å². The normalized spacial score (nSPS) is 25.1. The van der Waals surface area contributed by atoms with Crippen LogP contribution in [0.1, 0.15) is 76.1 Å². The van der Waals surface area contributed by atoms with Crippen LogP contribution < -0.4 is 10.9 Å². The minimum atomic E-state index is -1.27. The predicted octanol–water partition coefficient (Wildman–Crippen LogP) is 3.52. The maximum Gasteiger partial charge on any atom is 0.256 e. The molecular formula is C35H50N4O5. The number of aliphatic hydroxyl groups excluding tert-OH is 1. The molecule has 1 aromatic carbocycles. The Hall–Kier alpha value is -3.01. The summed E-state index contributed by atoms with van der Waals surface area (Å²) in [5.74, 6) is 0.470. The van der Waals surface area contributed by atoms with E-state index >= 15 is 0 Å². The Labute approximate surface area is 261 Å². The number of piperidine rings is 1. The summed E-state index contributed by atoms with van der Waals surface area (Å²) in [5, 5.41) is 25.3. The van der Waals surface area contributed by atoms with E-state index in [2.05, 4.69) is 5.32 Å². The maximum atomic E-state index is 14.0. The summed E-state index contributed by atoms with van der Waals surface area (Å²) in [7, 11) is 0. The molecule has 44 heavy (non-hydrogen) atoms. The minimum absolute atomic E-state index is 0.0127. The molecule has 9 nitrogen and oxygen atoms in total. The van der Waals surface area contributed by atoms with E-state index < -0.39 is 11.0 Å². The molecular weight excluding hydrogens is 556 g/mol. The zero-order valence-corrected chi connectivity index (χ0v) is 26.6. The number of likely N-dealkylation sites (tertiary alicyclic amines) is 1. The number of nitrogens with one attached hydrogen (secondary N) is 1. The number of piperazine rings is 1. The smallest absolute Gasteiger partial charge is 0.256 e. The van der Waals surface area contributed by atoms with Crippen molar-refractivity contribution in [3.05, 3.63) is 58.5 Å². The number of hydrogen-bond acceptors (Lipinski definition) is 6. The number of carbonyl (C=O) groups excluding carboxylic acids is 2. The number of amides is 2. The molecule has 3 heterocycles. The molecule has 3 N–H and O–H groups in total. The van der Waals surface area contributed by atoms with Crippen molar-refractivity contribution >= 4 is 11.8 Å². The lowest BCUT2D eigenvalue weighted by Gasteiger charge is -2.51. The molecule has 3 aliphatic rings. The van der Waals surface area contributed by atoms with Crippen LogP contribution in [0.25, 0.3) is 11.1 Å². The molecule has 0 bridgehead atoms. The second-order valence-electron chi connectivity index (χ2n) is 14.0. The van der Waals surface area contributed by atoms with Crippen molar-refractivity contribution in [3.8, 4) is 11.1 Å². The van der Waals surface area contributed by atoms with E-state index in [9.17, 15) is 24.6 Å². The number of rotatable bonds is 8. The molecule has 2 amide bonds. The Balaban J connectivity index is 1.39. The van der Waals surface area contributed by atoms with E-state index in [-0.39, 0.29) is 42.5 Å². The third-order valence-corrected chi connectivity index (χ3v) is 10.5. The quantitative estimate of drug-likeness (QED) is 0.424. The fraction of sp³-hybridized carbons (Fsp3) is 0.629. The Morgan fingerprint density at radius 1 is 1.09 bits per heavy atom. The fourth-order valence-corrected chi connectivity index (χ4v) is 7.53. The van der Waals surface area contributed by atoms with E-state index in [0.29, 0.717) is 56.2 Å². The largest absolute Gasteiger partial charge is 0.394 e. The van der Waals surface area contributed by atoms with Gasteiger partial charge in [-0.25, -0.2) is 0 Å². The Morgan fingerprint density at radius 3 is 2.50 bits per heavy atom. The maximum absolute atomic E-state index is 14.0. The van der Waals surface area contributed by atoms with Crippen molar-refractivity contribution in [1.82, 2.24) is 19.7 Å². The molecule has 1 aliphatic carbocycles. The van der Waals surface area contributed by atoms with Crippen molar-refractivity contribution in [1.29, 1.82) is 0 Å². The summed E-state index contributed by atoms with van der Waals surface area (Å²) >= 11 is 0. The summed E-state index contributed by atoms with van der Waals surface area (Å²) in [5.41, 5.74) is -0.606. The molecule has 1 saturated carbocycles. The lowest BCUT2D eigenvalue weighted by atomic mass is 9.69. The minimum Gasteiger partial charge on any atom is -0.394 e. The molecule has 3 fully saturated rings. The molecule has 0 spiro atoms. The molecule has 3 atom stereocenters. The van der Waals surface area contributed by atoms with Crippen LogP contribution in [-0.2, 0) is 11.3 Å². The molecule has 5 rings (SSSR count). The average molecular weight is 607 g/mol. The molecule has 2 saturated heterocycles. The van der Waals surface area contributed by atoms with Crippen LogP contribution in [0.3, 0.4) is 0 Å². The number of carbonyl (C=O) groups is 2. The Kier molecular flexibility index (Phi) is 9.97. The van der Waals surface area contributed by atoms with E-state index in [1.165, 1.54) is 42.7 Å². The summed E-state index contributed by atoms with van der Waals surface area (Å²) < 4.78 is 1.46. The highest BCUT2D eigenvalue weighted by Crippen LogP contribution is 2.41. The van der Waals surface area contributed by atoms with E-state index in [1.54, 1.807) is 11.1 Å². The van der Waals surface area contributed by atoms with Gasteiger partial charge in [0.2, 0.25) is 5.91 Å². The molecule has 1 unspecified atom stereocenters.